The van der Waals surface area contributed by atoms with Crippen molar-refractivity contribution in [3.8, 4) is 0 Å². The summed E-state index contributed by atoms with van der Waals surface area (Å²) in [6.45, 7) is 12.3. The van der Waals surface area contributed by atoms with Crippen molar-refractivity contribution in [2.24, 2.45) is 5.92 Å². The molecule has 2 heteroatoms. The molecule has 16 heavy (non-hydrogen) atoms. The van der Waals surface area contributed by atoms with Crippen molar-refractivity contribution in [3.63, 3.8) is 0 Å². The van der Waals surface area contributed by atoms with E-state index in [2.05, 4.69) is 19.2 Å². The maximum absolute atomic E-state index is 11.1. The van der Waals surface area contributed by atoms with Crippen molar-refractivity contribution in [2.75, 3.05) is 7.05 Å². The molecule has 0 aliphatic rings. The van der Waals surface area contributed by atoms with E-state index in [4.69, 9.17) is 0 Å². The van der Waals surface area contributed by atoms with E-state index < -0.39 is 0 Å². The monoisotopic (exact) mass is 231 g/mol. The normalized spacial score (nSPS) is 8.50. The van der Waals surface area contributed by atoms with E-state index in [1.165, 1.54) is 25.7 Å². The van der Waals surface area contributed by atoms with Gasteiger partial charge < -0.3 is 5.32 Å². The zero-order valence-electron chi connectivity index (χ0n) is 12.5. The largest absolute Gasteiger partial charge is 0.359 e. The zero-order chi connectivity index (χ0) is 13.4. The predicted molar refractivity (Wildman–Crippen MR) is 74.7 cm³/mol. The molecule has 1 amide bonds. The molecule has 0 aromatic carbocycles. The third kappa shape index (κ3) is 15.9. The standard InChI is InChI=1S/C10H21NO.2C2H6/c1-4-6-9(7-5-2)8-10(12)11-3;2*1-2/h9H,4-8H2,1-3H3,(H,11,12);2*1-2H3. The summed E-state index contributed by atoms with van der Waals surface area (Å²) < 4.78 is 0. The predicted octanol–water partition coefficient (Wildman–Crippen LogP) is 4.39. The van der Waals surface area contributed by atoms with Gasteiger partial charge in [-0.2, -0.15) is 0 Å². The van der Waals surface area contributed by atoms with E-state index in [-0.39, 0.29) is 5.91 Å². The fourth-order valence-corrected chi connectivity index (χ4v) is 1.53. The van der Waals surface area contributed by atoms with Crippen LogP contribution in [0.4, 0.5) is 0 Å². The number of amides is 1. The lowest BCUT2D eigenvalue weighted by Gasteiger charge is -2.13. The molecule has 1 N–H and O–H groups in total. The van der Waals surface area contributed by atoms with Crippen molar-refractivity contribution in [2.45, 2.75) is 73.6 Å². The molecule has 0 aromatic heterocycles. The second-order valence-corrected chi connectivity index (χ2v) is 3.32. The lowest BCUT2D eigenvalue weighted by atomic mass is 9.94. The molecular formula is C14H33NO. The number of rotatable bonds is 6. The fraction of sp³-hybridized carbons (Fsp3) is 0.929. The van der Waals surface area contributed by atoms with Crippen LogP contribution >= 0.6 is 0 Å². The van der Waals surface area contributed by atoms with Gasteiger partial charge in [0.2, 0.25) is 5.91 Å². The summed E-state index contributed by atoms with van der Waals surface area (Å²) in [6, 6.07) is 0. The lowest BCUT2D eigenvalue weighted by molar-refractivity contribution is -0.121. The summed E-state index contributed by atoms with van der Waals surface area (Å²) in [7, 11) is 1.71. The molecule has 0 aliphatic carbocycles. The Labute approximate surface area is 103 Å². The Morgan fingerprint density at radius 3 is 1.62 bits per heavy atom. The average Bonchev–Trinajstić information content (AvgIpc) is 2.34. The number of carbonyl (C=O) groups is 1. The van der Waals surface area contributed by atoms with Crippen LogP contribution < -0.4 is 5.32 Å². The molecule has 0 aromatic rings. The Bertz CT molecular complexity index is 118. The highest BCUT2D eigenvalue weighted by atomic mass is 16.1. The zero-order valence-corrected chi connectivity index (χ0v) is 12.5. The number of nitrogens with one attached hydrogen (secondary N) is 1. The Kier molecular flexibility index (Phi) is 26.0. The first kappa shape index (κ1) is 20.8. The topological polar surface area (TPSA) is 29.1 Å². The molecule has 0 heterocycles. The second kappa shape index (κ2) is 20.0. The van der Waals surface area contributed by atoms with Crippen LogP contribution in [0.2, 0.25) is 0 Å². The minimum absolute atomic E-state index is 0.182. The van der Waals surface area contributed by atoms with E-state index in [1.54, 1.807) is 7.05 Å². The maximum atomic E-state index is 11.1. The van der Waals surface area contributed by atoms with Crippen LogP contribution in [0.25, 0.3) is 0 Å². The maximum Gasteiger partial charge on any atom is 0.220 e. The first-order valence-electron chi connectivity index (χ1n) is 6.95. The molecule has 2 nitrogen and oxygen atoms in total. The SMILES string of the molecule is CC.CC.CCCC(CCC)CC(=O)NC. The van der Waals surface area contributed by atoms with Crippen molar-refractivity contribution in [1.29, 1.82) is 0 Å². The Hall–Kier alpha value is -0.530. The van der Waals surface area contributed by atoms with Crippen LogP contribution in [-0.2, 0) is 4.79 Å². The summed E-state index contributed by atoms with van der Waals surface area (Å²) in [5, 5.41) is 2.67. The summed E-state index contributed by atoms with van der Waals surface area (Å²) in [5.41, 5.74) is 0. The minimum Gasteiger partial charge on any atom is -0.359 e. The van der Waals surface area contributed by atoms with Gasteiger partial charge in [-0.05, 0) is 5.92 Å². The van der Waals surface area contributed by atoms with E-state index in [9.17, 15) is 4.79 Å². The number of hydrogen-bond acceptors (Lipinski definition) is 1. The quantitative estimate of drug-likeness (QED) is 0.721. The second-order valence-electron chi connectivity index (χ2n) is 3.32. The molecule has 0 saturated carbocycles. The van der Waals surface area contributed by atoms with Gasteiger partial charge in [-0.3, -0.25) is 4.79 Å². The fourth-order valence-electron chi connectivity index (χ4n) is 1.53. The van der Waals surface area contributed by atoms with Crippen LogP contribution in [0.3, 0.4) is 0 Å². The molecule has 0 bridgehead atoms. The van der Waals surface area contributed by atoms with Gasteiger partial charge in [-0.25, -0.2) is 0 Å². The number of hydrogen-bond donors (Lipinski definition) is 1. The molecule has 0 atom stereocenters. The first-order valence-corrected chi connectivity index (χ1v) is 6.95. The van der Waals surface area contributed by atoms with E-state index in [0.29, 0.717) is 12.3 Å². The van der Waals surface area contributed by atoms with Crippen LogP contribution in [0, 0.1) is 5.92 Å². The molecule has 0 saturated heterocycles. The summed E-state index contributed by atoms with van der Waals surface area (Å²) in [6.07, 6.45) is 5.43. The van der Waals surface area contributed by atoms with Gasteiger partial charge in [-0.15, -0.1) is 0 Å². The van der Waals surface area contributed by atoms with Gasteiger partial charge in [-0.1, -0.05) is 67.2 Å². The van der Waals surface area contributed by atoms with Gasteiger partial charge in [0.15, 0.2) is 0 Å². The van der Waals surface area contributed by atoms with E-state index >= 15 is 0 Å². The highest BCUT2D eigenvalue weighted by Crippen LogP contribution is 2.16. The van der Waals surface area contributed by atoms with Crippen LogP contribution in [-0.4, -0.2) is 13.0 Å². The molecule has 0 radical (unpaired) electrons. The third-order valence-corrected chi connectivity index (χ3v) is 2.15. The van der Waals surface area contributed by atoms with Crippen LogP contribution in [0.5, 0.6) is 0 Å². The molecular weight excluding hydrogens is 198 g/mol. The molecule has 0 aliphatic heterocycles. The summed E-state index contributed by atoms with van der Waals surface area (Å²) in [5.74, 6) is 0.779. The van der Waals surface area contributed by atoms with Crippen molar-refractivity contribution in [1.82, 2.24) is 5.32 Å². The van der Waals surface area contributed by atoms with Crippen LogP contribution in [0.15, 0.2) is 0 Å². The number of carbonyl (C=O) groups excluding carboxylic acids is 1. The first-order chi connectivity index (χ1) is 7.74. The Morgan fingerprint density at radius 1 is 1.00 bits per heavy atom. The average molecular weight is 231 g/mol. The van der Waals surface area contributed by atoms with Gasteiger partial charge in [0.25, 0.3) is 0 Å². The van der Waals surface area contributed by atoms with Gasteiger partial charge >= 0.3 is 0 Å². The van der Waals surface area contributed by atoms with E-state index in [1.807, 2.05) is 27.7 Å². The summed E-state index contributed by atoms with van der Waals surface area (Å²) >= 11 is 0. The van der Waals surface area contributed by atoms with Crippen LogP contribution in [0.1, 0.15) is 73.6 Å². The van der Waals surface area contributed by atoms with E-state index in [0.717, 1.165) is 0 Å². The van der Waals surface area contributed by atoms with Gasteiger partial charge in [0, 0.05) is 13.5 Å². The smallest absolute Gasteiger partial charge is 0.220 e. The van der Waals surface area contributed by atoms with Gasteiger partial charge in [0.1, 0.15) is 0 Å². The minimum atomic E-state index is 0.182. The molecule has 0 fully saturated rings. The summed E-state index contributed by atoms with van der Waals surface area (Å²) in [4.78, 5) is 11.1. The highest BCUT2D eigenvalue weighted by Gasteiger charge is 2.10. The molecule has 100 valence electrons. The third-order valence-electron chi connectivity index (χ3n) is 2.15. The highest BCUT2D eigenvalue weighted by molar-refractivity contribution is 5.75. The molecule has 0 rings (SSSR count). The van der Waals surface area contributed by atoms with Crippen molar-refractivity contribution >= 4 is 5.91 Å². The Morgan fingerprint density at radius 2 is 1.38 bits per heavy atom. The van der Waals surface area contributed by atoms with Gasteiger partial charge in [0.05, 0.1) is 0 Å². The Balaban J connectivity index is -0.000000376. The lowest BCUT2D eigenvalue weighted by Crippen LogP contribution is -2.21. The van der Waals surface area contributed by atoms with Crippen molar-refractivity contribution < 1.29 is 4.79 Å². The molecule has 0 unspecified atom stereocenters. The van der Waals surface area contributed by atoms with Crippen molar-refractivity contribution in [3.05, 3.63) is 0 Å². The molecule has 0 spiro atoms.